The first kappa shape index (κ1) is 8.62. The smallest absolute Gasteiger partial charge is 0.127 e. The van der Waals surface area contributed by atoms with Gasteiger partial charge in [0.2, 0.25) is 0 Å². The zero-order valence-corrected chi connectivity index (χ0v) is 7.94. The van der Waals surface area contributed by atoms with Crippen molar-refractivity contribution in [2.45, 2.75) is 6.92 Å². The first-order valence-electron chi connectivity index (χ1n) is 4.35. The summed E-state index contributed by atoms with van der Waals surface area (Å²) in [6.45, 7) is 1.90. The number of rotatable bonds is 1. The maximum atomic E-state index is 5.78. The molecular formula is C10H12N4. The molecule has 0 aliphatic carbocycles. The quantitative estimate of drug-likeness (QED) is 0.663. The number of anilines is 2. The number of nitrogens with zero attached hydrogens (tertiary/aromatic N) is 2. The van der Waals surface area contributed by atoms with Crippen LogP contribution in [-0.4, -0.2) is 9.78 Å². The summed E-state index contributed by atoms with van der Waals surface area (Å²) in [6.07, 6.45) is 0. The molecule has 0 radical (unpaired) electrons. The third-order valence-corrected chi connectivity index (χ3v) is 1.97. The van der Waals surface area contributed by atoms with E-state index < -0.39 is 0 Å². The highest BCUT2D eigenvalue weighted by molar-refractivity contribution is 5.50. The first-order valence-corrected chi connectivity index (χ1v) is 4.35. The van der Waals surface area contributed by atoms with Crippen molar-refractivity contribution in [2.24, 2.45) is 0 Å². The zero-order chi connectivity index (χ0) is 10.1. The molecular weight excluding hydrogens is 176 g/mol. The molecule has 0 aliphatic heterocycles. The van der Waals surface area contributed by atoms with Crippen LogP contribution in [0, 0.1) is 6.92 Å². The van der Waals surface area contributed by atoms with Gasteiger partial charge in [-0.05, 0) is 25.1 Å². The Kier molecular flexibility index (Phi) is 1.89. The fraction of sp³-hybridized carbons (Fsp3) is 0.100. The van der Waals surface area contributed by atoms with Gasteiger partial charge in [0.1, 0.15) is 5.82 Å². The molecule has 1 aromatic heterocycles. The second-order valence-electron chi connectivity index (χ2n) is 3.22. The third kappa shape index (κ3) is 1.42. The third-order valence-electron chi connectivity index (χ3n) is 1.97. The van der Waals surface area contributed by atoms with E-state index in [1.165, 1.54) is 0 Å². The van der Waals surface area contributed by atoms with Gasteiger partial charge in [0.25, 0.3) is 0 Å². The minimum absolute atomic E-state index is 0.619. The Morgan fingerprint density at radius 1 is 1.21 bits per heavy atom. The van der Waals surface area contributed by atoms with Crippen molar-refractivity contribution >= 4 is 11.5 Å². The Morgan fingerprint density at radius 3 is 2.57 bits per heavy atom. The largest absolute Gasteiger partial charge is 0.399 e. The number of nitrogens with two attached hydrogens (primary N) is 2. The lowest BCUT2D eigenvalue weighted by Crippen LogP contribution is -2.02. The molecule has 0 aliphatic rings. The predicted molar refractivity (Wildman–Crippen MR) is 57.1 cm³/mol. The number of hydrogen-bond acceptors (Lipinski definition) is 3. The molecule has 4 nitrogen and oxygen atoms in total. The molecule has 0 saturated heterocycles. The fourth-order valence-electron chi connectivity index (χ4n) is 1.38. The highest BCUT2D eigenvalue weighted by Crippen LogP contribution is 2.16. The van der Waals surface area contributed by atoms with Crippen molar-refractivity contribution in [2.75, 3.05) is 11.5 Å². The highest BCUT2D eigenvalue weighted by Gasteiger charge is 2.03. The summed E-state index contributed by atoms with van der Waals surface area (Å²) in [4.78, 5) is 0. The second-order valence-corrected chi connectivity index (χ2v) is 3.22. The van der Waals surface area contributed by atoms with E-state index in [0.29, 0.717) is 11.5 Å². The number of nitrogen functional groups attached to an aromatic ring is 2. The van der Waals surface area contributed by atoms with Gasteiger partial charge in [-0.3, -0.25) is 0 Å². The Hall–Kier alpha value is -1.97. The Bertz CT molecular complexity index is 459. The Labute approximate surface area is 82.1 Å². The lowest BCUT2D eigenvalue weighted by atomic mass is 10.3. The molecule has 4 N–H and O–H groups in total. The summed E-state index contributed by atoms with van der Waals surface area (Å²) >= 11 is 0. The van der Waals surface area contributed by atoms with E-state index >= 15 is 0 Å². The van der Waals surface area contributed by atoms with Crippen molar-refractivity contribution in [1.29, 1.82) is 0 Å². The van der Waals surface area contributed by atoms with Gasteiger partial charge in [0.05, 0.1) is 11.4 Å². The van der Waals surface area contributed by atoms with Crippen LogP contribution >= 0.6 is 0 Å². The molecule has 0 unspecified atom stereocenters. The topological polar surface area (TPSA) is 69.9 Å². The van der Waals surface area contributed by atoms with E-state index in [-0.39, 0.29) is 0 Å². The van der Waals surface area contributed by atoms with Crippen LogP contribution < -0.4 is 11.5 Å². The van der Waals surface area contributed by atoms with Gasteiger partial charge in [-0.1, -0.05) is 6.07 Å². The second kappa shape index (κ2) is 3.06. The van der Waals surface area contributed by atoms with Gasteiger partial charge in [0.15, 0.2) is 0 Å². The monoisotopic (exact) mass is 188 g/mol. The summed E-state index contributed by atoms with van der Waals surface area (Å²) < 4.78 is 1.67. The Morgan fingerprint density at radius 2 is 2.00 bits per heavy atom. The molecule has 1 heterocycles. The van der Waals surface area contributed by atoms with Gasteiger partial charge in [-0.25, -0.2) is 4.68 Å². The summed E-state index contributed by atoms with van der Waals surface area (Å²) in [6, 6.07) is 9.28. The predicted octanol–water partition coefficient (Wildman–Crippen LogP) is 1.35. The van der Waals surface area contributed by atoms with Crippen molar-refractivity contribution < 1.29 is 0 Å². The molecule has 0 fully saturated rings. The molecule has 72 valence electrons. The molecule has 4 heteroatoms. The van der Waals surface area contributed by atoms with Crippen LogP contribution in [-0.2, 0) is 0 Å². The normalized spacial score (nSPS) is 10.4. The number of hydrogen-bond donors (Lipinski definition) is 2. The molecule has 0 atom stereocenters. The average Bonchev–Trinajstić information content (AvgIpc) is 2.45. The number of benzene rings is 1. The first-order chi connectivity index (χ1) is 6.66. The highest BCUT2D eigenvalue weighted by atomic mass is 15.3. The summed E-state index contributed by atoms with van der Waals surface area (Å²) in [7, 11) is 0. The van der Waals surface area contributed by atoms with Crippen molar-refractivity contribution in [3.05, 3.63) is 36.0 Å². The van der Waals surface area contributed by atoms with Gasteiger partial charge in [-0.15, -0.1) is 0 Å². The van der Waals surface area contributed by atoms with Crippen molar-refractivity contribution in [1.82, 2.24) is 9.78 Å². The van der Waals surface area contributed by atoms with E-state index in [9.17, 15) is 0 Å². The number of aromatic nitrogens is 2. The SMILES string of the molecule is Cc1cc(N)n(-c2cccc(N)c2)n1. The van der Waals surface area contributed by atoms with Crippen LogP contribution in [0.5, 0.6) is 0 Å². The van der Waals surface area contributed by atoms with Gasteiger partial charge in [0, 0.05) is 11.8 Å². The fourth-order valence-corrected chi connectivity index (χ4v) is 1.38. The van der Waals surface area contributed by atoms with E-state index in [0.717, 1.165) is 11.4 Å². The maximum absolute atomic E-state index is 5.78. The molecule has 0 bridgehead atoms. The summed E-state index contributed by atoms with van der Waals surface area (Å²) in [5.41, 5.74) is 13.9. The molecule has 1 aromatic carbocycles. The lowest BCUT2D eigenvalue weighted by molar-refractivity contribution is 0.872. The molecule has 2 aromatic rings. The van der Waals surface area contributed by atoms with Gasteiger partial charge in [-0.2, -0.15) is 5.10 Å². The maximum Gasteiger partial charge on any atom is 0.127 e. The van der Waals surface area contributed by atoms with Crippen LogP contribution in [0.2, 0.25) is 0 Å². The van der Waals surface area contributed by atoms with E-state index in [2.05, 4.69) is 5.10 Å². The van der Waals surface area contributed by atoms with E-state index in [1.807, 2.05) is 37.3 Å². The van der Waals surface area contributed by atoms with Gasteiger partial charge < -0.3 is 11.5 Å². The Balaban J connectivity index is 2.54. The minimum atomic E-state index is 0.619. The van der Waals surface area contributed by atoms with Crippen LogP contribution in [0.15, 0.2) is 30.3 Å². The van der Waals surface area contributed by atoms with Crippen molar-refractivity contribution in [3.63, 3.8) is 0 Å². The van der Waals surface area contributed by atoms with Crippen LogP contribution in [0.3, 0.4) is 0 Å². The zero-order valence-electron chi connectivity index (χ0n) is 7.94. The molecule has 2 rings (SSSR count). The van der Waals surface area contributed by atoms with Crippen molar-refractivity contribution in [3.8, 4) is 5.69 Å². The summed E-state index contributed by atoms with van der Waals surface area (Å²) in [5.74, 6) is 0.619. The lowest BCUT2D eigenvalue weighted by Gasteiger charge is -2.03. The van der Waals surface area contributed by atoms with Crippen LogP contribution in [0.1, 0.15) is 5.69 Å². The number of aryl methyl sites for hydroxylation is 1. The van der Waals surface area contributed by atoms with Gasteiger partial charge >= 0.3 is 0 Å². The molecule has 14 heavy (non-hydrogen) atoms. The van der Waals surface area contributed by atoms with Crippen LogP contribution in [0.4, 0.5) is 11.5 Å². The molecule has 0 saturated carbocycles. The minimum Gasteiger partial charge on any atom is -0.399 e. The molecule has 0 amide bonds. The standard InChI is InChI=1S/C10H12N4/c1-7-5-10(12)14(13-7)9-4-2-3-8(11)6-9/h2-6H,11-12H2,1H3. The van der Waals surface area contributed by atoms with E-state index in [4.69, 9.17) is 11.5 Å². The average molecular weight is 188 g/mol. The van der Waals surface area contributed by atoms with Crippen LogP contribution in [0.25, 0.3) is 5.69 Å². The van der Waals surface area contributed by atoms with E-state index in [1.54, 1.807) is 4.68 Å². The summed E-state index contributed by atoms with van der Waals surface area (Å²) in [5, 5.41) is 4.26. The molecule has 0 spiro atoms.